The first-order valence-electron chi connectivity index (χ1n) is 6.98. The lowest BCUT2D eigenvalue weighted by Crippen LogP contribution is -1.97. The predicted octanol–water partition coefficient (Wildman–Crippen LogP) is 5.54. The lowest BCUT2D eigenvalue weighted by Gasteiger charge is -2.06. The molecule has 3 aromatic rings. The van der Waals surface area contributed by atoms with Gasteiger partial charge in [-0.2, -0.15) is 0 Å². The highest BCUT2D eigenvalue weighted by Crippen LogP contribution is 2.28. The molecule has 0 spiro atoms. The monoisotopic (exact) mass is 344 g/mol. The molecule has 0 saturated heterocycles. The zero-order chi connectivity index (χ0) is 16.2. The third kappa shape index (κ3) is 3.58. The van der Waals surface area contributed by atoms with E-state index >= 15 is 0 Å². The molecular formula is C18H14Cl2N2O. The molecular weight excluding hydrogens is 331 g/mol. The third-order valence-electron chi connectivity index (χ3n) is 3.37. The van der Waals surface area contributed by atoms with Gasteiger partial charge in [0.05, 0.1) is 29.7 Å². The maximum absolute atomic E-state index is 6.12. The van der Waals surface area contributed by atoms with Crippen molar-refractivity contribution < 1.29 is 4.74 Å². The van der Waals surface area contributed by atoms with Crippen LogP contribution in [0.5, 0.6) is 5.75 Å². The summed E-state index contributed by atoms with van der Waals surface area (Å²) in [4.78, 5) is 4.48. The van der Waals surface area contributed by atoms with Crippen LogP contribution in [0, 0.1) is 0 Å². The van der Waals surface area contributed by atoms with Gasteiger partial charge < -0.3 is 9.30 Å². The van der Waals surface area contributed by atoms with Gasteiger partial charge in [-0.15, -0.1) is 0 Å². The third-order valence-corrected chi connectivity index (χ3v) is 3.91. The van der Waals surface area contributed by atoms with Crippen LogP contribution in [0.25, 0.3) is 5.69 Å². The minimum Gasteiger partial charge on any atom is -0.495 e. The standard InChI is InChI=1S/C18H14Cl2N2O/c1-23-18-9-6-14(11-17(18)20)21-12-16-3-2-10-22(16)15-7-4-13(19)5-8-15/h2-12H,1H3. The van der Waals surface area contributed by atoms with Gasteiger partial charge in [0.25, 0.3) is 0 Å². The molecule has 0 amide bonds. The number of methoxy groups -OCH3 is 1. The van der Waals surface area contributed by atoms with E-state index in [1.54, 1.807) is 25.5 Å². The van der Waals surface area contributed by atoms with Crippen molar-refractivity contribution in [1.82, 2.24) is 4.57 Å². The summed E-state index contributed by atoms with van der Waals surface area (Å²) in [5.74, 6) is 0.634. The van der Waals surface area contributed by atoms with Gasteiger partial charge in [-0.25, -0.2) is 0 Å². The minimum atomic E-state index is 0.537. The highest BCUT2D eigenvalue weighted by molar-refractivity contribution is 6.32. The Balaban J connectivity index is 1.88. The largest absolute Gasteiger partial charge is 0.495 e. The molecule has 0 aliphatic rings. The van der Waals surface area contributed by atoms with Crippen LogP contribution in [0.4, 0.5) is 5.69 Å². The van der Waals surface area contributed by atoms with Gasteiger partial charge in [0, 0.05) is 16.9 Å². The summed E-state index contributed by atoms with van der Waals surface area (Å²) >= 11 is 12.1. The lowest BCUT2D eigenvalue weighted by molar-refractivity contribution is 0.415. The van der Waals surface area contributed by atoms with Crippen LogP contribution in [0.2, 0.25) is 10.0 Å². The van der Waals surface area contributed by atoms with Gasteiger partial charge in [-0.05, 0) is 54.6 Å². The summed E-state index contributed by atoms with van der Waals surface area (Å²) in [6, 6.07) is 17.0. The second-order valence-electron chi connectivity index (χ2n) is 4.86. The number of ether oxygens (including phenoxy) is 1. The number of halogens is 2. The fourth-order valence-electron chi connectivity index (χ4n) is 2.21. The second kappa shape index (κ2) is 6.90. The van der Waals surface area contributed by atoms with Crippen LogP contribution in [0.1, 0.15) is 5.69 Å². The number of aromatic nitrogens is 1. The number of hydrogen-bond acceptors (Lipinski definition) is 2. The summed E-state index contributed by atoms with van der Waals surface area (Å²) in [5, 5.41) is 1.25. The maximum Gasteiger partial charge on any atom is 0.137 e. The number of rotatable bonds is 4. The molecule has 23 heavy (non-hydrogen) atoms. The molecule has 2 aromatic carbocycles. The normalized spacial score (nSPS) is 11.1. The number of aliphatic imine (C=N–C) groups is 1. The molecule has 116 valence electrons. The van der Waals surface area contributed by atoms with E-state index in [4.69, 9.17) is 27.9 Å². The fourth-order valence-corrected chi connectivity index (χ4v) is 2.59. The van der Waals surface area contributed by atoms with E-state index in [2.05, 4.69) is 4.99 Å². The van der Waals surface area contributed by atoms with E-state index in [0.29, 0.717) is 15.8 Å². The van der Waals surface area contributed by atoms with Gasteiger partial charge >= 0.3 is 0 Å². The molecule has 0 bridgehead atoms. The van der Waals surface area contributed by atoms with Crippen molar-refractivity contribution in [3.8, 4) is 11.4 Å². The molecule has 3 nitrogen and oxygen atoms in total. The molecule has 0 atom stereocenters. The fraction of sp³-hybridized carbons (Fsp3) is 0.0556. The van der Waals surface area contributed by atoms with E-state index in [1.165, 1.54) is 0 Å². The Morgan fingerprint density at radius 1 is 1.04 bits per heavy atom. The van der Waals surface area contributed by atoms with Crippen LogP contribution in [-0.2, 0) is 0 Å². The van der Waals surface area contributed by atoms with Crippen molar-refractivity contribution >= 4 is 35.1 Å². The maximum atomic E-state index is 6.12. The van der Waals surface area contributed by atoms with Crippen LogP contribution < -0.4 is 4.74 Å². The molecule has 0 aliphatic carbocycles. The summed E-state index contributed by atoms with van der Waals surface area (Å²) in [5.41, 5.74) is 2.74. The molecule has 5 heteroatoms. The van der Waals surface area contributed by atoms with Gasteiger partial charge in [-0.1, -0.05) is 23.2 Å². The Bertz CT molecular complexity index is 838. The van der Waals surface area contributed by atoms with Crippen molar-refractivity contribution in [3.63, 3.8) is 0 Å². The number of benzene rings is 2. The Hall–Kier alpha value is -2.23. The van der Waals surface area contributed by atoms with Gasteiger partial charge in [0.1, 0.15) is 5.75 Å². The Morgan fingerprint density at radius 2 is 1.83 bits per heavy atom. The van der Waals surface area contributed by atoms with Crippen LogP contribution in [0.15, 0.2) is 65.8 Å². The van der Waals surface area contributed by atoms with Crippen molar-refractivity contribution in [2.45, 2.75) is 0 Å². The first-order chi connectivity index (χ1) is 11.2. The SMILES string of the molecule is COc1ccc(N=Cc2cccn2-c2ccc(Cl)cc2)cc1Cl. The van der Waals surface area contributed by atoms with Crippen molar-refractivity contribution in [3.05, 3.63) is 76.5 Å². The lowest BCUT2D eigenvalue weighted by atomic mass is 10.3. The Kier molecular flexibility index (Phi) is 4.70. The molecule has 3 rings (SSSR count). The van der Waals surface area contributed by atoms with E-state index in [9.17, 15) is 0 Å². The summed E-state index contributed by atoms with van der Waals surface area (Å²) in [6.45, 7) is 0. The number of hydrogen-bond donors (Lipinski definition) is 0. The van der Waals surface area contributed by atoms with E-state index < -0.39 is 0 Å². The Morgan fingerprint density at radius 3 is 2.52 bits per heavy atom. The van der Waals surface area contributed by atoms with Crippen molar-refractivity contribution in [2.75, 3.05) is 7.11 Å². The molecule has 0 unspecified atom stereocenters. The van der Waals surface area contributed by atoms with E-state index in [1.807, 2.05) is 53.2 Å². The number of nitrogens with zero attached hydrogens (tertiary/aromatic N) is 2. The van der Waals surface area contributed by atoms with E-state index in [-0.39, 0.29) is 0 Å². The van der Waals surface area contributed by atoms with Crippen molar-refractivity contribution in [2.24, 2.45) is 4.99 Å². The zero-order valence-corrected chi connectivity index (χ0v) is 13.9. The predicted molar refractivity (Wildman–Crippen MR) is 96.0 cm³/mol. The topological polar surface area (TPSA) is 26.5 Å². The van der Waals surface area contributed by atoms with Gasteiger partial charge in [-0.3, -0.25) is 4.99 Å². The first-order valence-corrected chi connectivity index (χ1v) is 7.74. The summed E-state index contributed by atoms with van der Waals surface area (Å²) in [7, 11) is 1.59. The molecule has 0 saturated carbocycles. The quantitative estimate of drug-likeness (QED) is 0.570. The zero-order valence-electron chi connectivity index (χ0n) is 12.4. The van der Waals surface area contributed by atoms with Crippen LogP contribution >= 0.6 is 23.2 Å². The van der Waals surface area contributed by atoms with E-state index in [0.717, 1.165) is 17.1 Å². The van der Waals surface area contributed by atoms with Crippen molar-refractivity contribution in [1.29, 1.82) is 0 Å². The highest BCUT2D eigenvalue weighted by atomic mass is 35.5. The second-order valence-corrected chi connectivity index (χ2v) is 5.70. The van der Waals surface area contributed by atoms with Gasteiger partial charge in [0.2, 0.25) is 0 Å². The average molecular weight is 345 g/mol. The minimum absolute atomic E-state index is 0.537. The molecule has 1 aromatic heterocycles. The van der Waals surface area contributed by atoms with Crippen LogP contribution in [-0.4, -0.2) is 17.9 Å². The summed E-state index contributed by atoms with van der Waals surface area (Å²) in [6.07, 6.45) is 3.78. The molecule has 0 N–H and O–H groups in total. The molecule has 1 heterocycles. The molecule has 0 radical (unpaired) electrons. The summed E-state index contributed by atoms with van der Waals surface area (Å²) < 4.78 is 7.17. The Labute approximate surface area is 144 Å². The van der Waals surface area contributed by atoms with Crippen LogP contribution in [0.3, 0.4) is 0 Å². The van der Waals surface area contributed by atoms with Gasteiger partial charge in [0.15, 0.2) is 0 Å². The highest BCUT2D eigenvalue weighted by Gasteiger charge is 2.03. The molecule has 0 aliphatic heterocycles. The smallest absolute Gasteiger partial charge is 0.137 e. The average Bonchev–Trinajstić information content (AvgIpc) is 3.02. The molecule has 0 fully saturated rings. The first kappa shape index (κ1) is 15.7.